The van der Waals surface area contributed by atoms with Gasteiger partial charge in [0.15, 0.2) is 5.15 Å². The van der Waals surface area contributed by atoms with Crippen molar-refractivity contribution < 1.29 is 9.90 Å². The second-order valence-electron chi connectivity index (χ2n) is 4.77. The van der Waals surface area contributed by atoms with Gasteiger partial charge in [-0.25, -0.2) is 9.78 Å². The fourth-order valence-electron chi connectivity index (χ4n) is 2.66. The normalized spacial score (nSPS) is 17.8. The van der Waals surface area contributed by atoms with Crippen molar-refractivity contribution in [3.8, 4) is 11.4 Å². The molecule has 1 aromatic carbocycles. The summed E-state index contributed by atoms with van der Waals surface area (Å²) < 4.78 is 1.72. The van der Waals surface area contributed by atoms with E-state index in [4.69, 9.17) is 23.2 Å². The fourth-order valence-corrected chi connectivity index (χ4v) is 3.14. The Balaban J connectivity index is 2.23. The Labute approximate surface area is 126 Å². The highest BCUT2D eigenvalue weighted by atomic mass is 35.5. The number of fused-ring (bicyclic) bond motifs is 1. The highest BCUT2D eigenvalue weighted by molar-refractivity contribution is 6.33. The molecule has 1 aromatic heterocycles. The first-order valence-electron chi connectivity index (χ1n) is 6.34. The van der Waals surface area contributed by atoms with Crippen LogP contribution in [0.3, 0.4) is 0 Å². The topological polar surface area (TPSA) is 55.1 Å². The zero-order valence-electron chi connectivity index (χ0n) is 10.5. The molecule has 3 rings (SSSR count). The summed E-state index contributed by atoms with van der Waals surface area (Å²) in [6, 6.07) is 6.61. The monoisotopic (exact) mass is 310 g/mol. The van der Waals surface area contributed by atoms with Crippen molar-refractivity contribution >= 4 is 29.2 Å². The van der Waals surface area contributed by atoms with Gasteiger partial charge in [-0.1, -0.05) is 35.3 Å². The summed E-state index contributed by atoms with van der Waals surface area (Å²) in [4.78, 5) is 15.8. The van der Waals surface area contributed by atoms with E-state index in [2.05, 4.69) is 4.98 Å². The summed E-state index contributed by atoms with van der Waals surface area (Å²) in [5, 5.41) is 10.3. The third-order valence-electron chi connectivity index (χ3n) is 3.56. The number of imidazole rings is 1. The van der Waals surface area contributed by atoms with Crippen LogP contribution in [0.15, 0.2) is 24.3 Å². The van der Waals surface area contributed by atoms with Crippen molar-refractivity contribution in [3.05, 3.63) is 40.1 Å². The van der Waals surface area contributed by atoms with Gasteiger partial charge in [-0.2, -0.15) is 0 Å². The van der Waals surface area contributed by atoms with Gasteiger partial charge < -0.3 is 9.67 Å². The van der Waals surface area contributed by atoms with Gasteiger partial charge in [-0.15, -0.1) is 0 Å². The Morgan fingerprint density at radius 3 is 2.80 bits per heavy atom. The van der Waals surface area contributed by atoms with E-state index in [0.717, 1.165) is 18.5 Å². The molecule has 2 aromatic rings. The van der Waals surface area contributed by atoms with Crippen molar-refractivity contribution in [1.82, 2.24) is 9.55 Å². The summed E-state index contributed by atoms with van der Waals surface area (Å²) in [5.74, 6) is -0.337. The van der Waals surface area contributed by atoms with Crippen LogP contribution in [0.4, 0.5) is 0 Å². The molecule has 0 amide bonds. The van der Waals surface area contributed by atoms with E-state index in [1.54, 1.807) is 10.6 Å². The number of rotatable bonds is 2. The lowest BCUT2D eigenvalue weighted by molar-refractivity contribution is -0.141. The van der Waals surface area contributed by atoms with E-state index in [1.807, 2.05) is 18.2 Å². The van der Waals surface area contributed by atoms with E-state index in [1.165, 1.54) is 0 Å². The molecule has 6 heteroatoms. The molecule has 0 saturated heterocycles. The Morgan fingerprint density at radius 1 is 1.35 bits per heavy atom. The van der Waals surface area contributed by atoms with Crippen LogP contribution in [0.25, 0.3) is 11.4 Å². The summed E-state index contributed by atoms with van der Waals surface area (Å²) in [7, 11) is 0. The first-order chi connectivity index (χ1) is 9.59. The number of hydrogen-bond acceptors (Lipinski definition) is 2. The molecule has 20 heavy (non-hydrogen) atoms. The van der Waals surface area contributed by atoms with E-state index >= 15 is 0 Å². The van der Waals surface area contributed by atoms with Crippen molar-refractivity contribution in [2.24, 2.45) is 0 Å². The molecule has 0 bridgehead atoms. The highest BCUT2D eigenvalue weighted by Crippen LogP contribution is 2.37. The number of carboxylic acids is 1. The van der Waals surface area contributed by atoms with E-state index in [9.17, 15) is 9.90 Å². The van der Waals surface area contributed by atoms with Crippen molar-refractivity contribution in [3.63, 3.8) is 0 Å². The molecule has 1 aliphatic heterocycles. The summed E-state index contributed by atoms with van der Waals surface area (Å²) in [6.07, 6.45) is 2.11. The standard InChI is InChI=1S/C14H12Cl2N2O2/c15-9-5-2-1-4-8(9)13-17-12(16)10-6-3-7-11(14(19)20)18(10)13/h1-2,4-5,11H,3,6-7H2,(H,19,20). The van der Waals surface area contributed by atoms with Crippen LogP contribution in [0.2, 0.25) is 10.2 Å². The third-order valence-corrected chi connectivity index (χ3v) is 4.20. The summed E-state index contributed by atoms with van der Waals surface area (Å²) in [6.45, 7) is 0. The first kappa shape index (κ1) is 13.5. The molecule has 0 radical (unpaired) electrons. The maximum absolute atomic E-state index is 11.5. The van der Waals surface area contributed by atoms with E-state index in [-0.39, 0.29) is 0 Å². The lowest BCUT2D eigenvalue weighted by Crippen LogP contribution is -2.25. The molecule has 2 heterocycles. The van der Waals surface area contributed by atoms with Gasteiger partial charge in [-0.3, -0.25) is 0 Å². The van der Waals surface area contributed by atoms with E-state index < -0.39 is 12.0 Å². The number of aromatic nitrogens is 2. The van der Waals surface area contributed by atoms with Crippen molar-refractivity contribution in [2.75, 3.05) is 0 Å². The van der Waals surface area contributed by atoms with Crippen molar-refractivity contribution in [1.29, 1.82) is 0 Å². The predicted octanol–water partition coefficient (Wildman–Crippen LogP) is 3.82. The number of carbonyl (C=O) groups is 1. The summed E-state index contributed by atoms with van der Waals surface area (Å²) in [5.41, 5.74) is 1.48. The minimum absolute atomic E-state index is 0.367. The molecular weight excluding hydrogens is 299 g/mol. The molecule has 1 N–H and O–H groups in total. The SMILES string of the molecule is O=C(O)C1CCCc2c(Cl)nc(-c3ccccc3Cl)n21. The quantitative estimate of drug-likeness (QED) is 0.917. The Morgan fingerprint density at radius 2 is 2.10 bits per heavy atom. The van der Waals surface area contributed by atoms with Crippen LogP contribution in [-0.2, 0) is 11.2 Å². The van der Waals surface area contributed by atoms with Crippen LogP contribution in [-0.4, -0.2) is 20.6 Å². The number of halogens is 2. The second-order valence-corrected chi connectivity index (χ2v) is 5.53. The minimum atomic E-state index is -0.867. The zero-order valence-corrected chi connectivity index (χ0v) is 12.0. The minimum Gasteiger partial charge on any atom is -0.480 e. The highest BCUT2D eigenvalue weighted by Gasteiger charge is 2.31. The third kappa shape index (κ3) is 2.09. The molecule has 104 valence electrons. The second kappa shape index (κ2) is 5.11. The molecule has 0 fully saturated rings. The largest absolute Gasteiger partial charge is 0.480 e. The van der Waals surface area contributed by atoms with Crippen LogP contribution in [0.5, 0.6) is 0 Å². The molecule has 1 aliphatic rings. The lowest BCUT2D eigenvalue weighted by atomic mass is 10.0. The number of carboxylic acid groups (broad SMARTS) is 1. The average Bonchev–Trinajstić information content (AvgIpc) is 2.77. The predicted molar refractivity (Wildman–Crippen MR) is 77.3 cm³/mol. The number of nitrogens with zero attached hydrogens (tertiary/aromatic N) is 2. The van der Waals surface area contributed by atoms with Crippen LogP contribution in [0, 0.1) is 0 Å². The van der Waals surface area contributed by atoms with Crippen molar-refractivity contribution in [2.45, 2.75) is 25.3 Å². The van der Waals surface area contributed by atoms with Crippen LogP contribution < -0.4 is 0 Å². The Hall–Kier alpha value is -1.52. The van der Waals surface area contributed by atoms with Gasteiger partial charge >= 0.3 is 5.97 Å². The number of benzene rings is 1. The maximum Gasteiger partial charge on any atom is 0.326 e. The summed E-state index contributed by atoms with van der Waals surface area (Å²) >= 11 is 12.4. The maximum atomic E-state index is 11.5. The molecule has 0 spiro atoms. The smallest absolute Gasteiger partial charge is 0.326 e. The van der Waals surface area contributed by atoms with Gasteiger partial charge in [0.25, 0.3) is 0 Å². The Bertz CT molecular complexity index is 682. The molecule has 4 nitrogen and oxygen atoms in total. The van der Waals surface area contributed by atoms with Crippen LogP contribution >= 0.6 is 23.2 Å². The fraction of sp³-hybridized carbons (Fsp3) is 0.286. The van der Waals surface area contributed by atoms with Gasteiger partial charge in [0.2, 0.25) is 0 Å². The molecule has 1 unspecified atom stereocenters. The van der Waals surface area contributed by atoms with Gasteiger partial charge in [-0.05, 0) is 31.4 Å². The molecule has 1 atom stereocenters. The zero-order chi connectivity index (χ0) is 14.3. The number of hydrogen-bond donors (Lipinski definition) is 1. The van der Waals surface area contributed by atoms with E-state index in [0.29, 0.717) is 28.0 Å². The average molecular weight is 311 g/mol. The molecule has 0 aliphatic carbocycles. The molecule has 0 saturated carbocycles. The first-order valence-corrected chi connectivity index (χ1v) is 7.09. The van der Waals surface area contributed by atoms with Gasteiger partial charge in [0.05, 0.1) is 10.7 Å². The van der Waals surface area contributed by atoms with Gasteiger partial charge in [0, 0.05) is 5.56 Å². The van der Waals surface area contributed by atoms with Gasteiger partial charge in [0.1, 0.15) is 11.9 Å². The lowest BCUT2D eigenvalue weighted by Gasteiger charge is -2.24. The molecular formula is C14H12Cl2N2O2. The van der Waals surface area contributed by atoms with Crippen LogP contribution in [0.1, 0.15) is 24.6 Å². The Kier molecular flexibility index (Phi) is 3.44. The number of aliphatic carboxylic acids is 1.